The Morgan fingerprint density at radius 1 is 1.03 bits per heavy atom. The summed E-state index contributed by atoms with van der Waals surface area (Å²) in [6.45, 7) is -0.445. The van der Waals surface area contributed by atoms with E-state index in [4.69, 9.17) is 10.00 Å². The van der Waals surface area contributed by atoms with Crippen molar-refractivity contribution in [3.8, 4) is 11.8 Å². The molecule has 0 aliphatic rings. The van der Waals surface area contributed by atoms with E-state index in [1.807, 2.05) is 6.07 Å². The molecule has 2 N–H and O–H groups in total. The normalized spacial score (nSPS) is 10.9. The molecule has 10 heteroatoms. The van der Waals surface area contributed by atoms with Crippen LogP contribution in [-0.2, 0) is 26.2 Å². The summed E-state index contributed by atoms with van der Waals surface area (Å²) in [5, 5.41) is 13.8. The molecule has 0 heterocycles. The van der Waals surface area contributed by atoms with Crippen molar-refractivity contribution in [2.75, 3.05) is 27.2 Å². The van der Waals surface area contributed by atoms with Gasteiger partial charge in [0.05, 0.1) is 36.7 Å². The molecule has 0 aliphatic carbocycles. The van der Waals surface area contributed by atoms with E-state index in [-0.39, 0.29) is 18.0 Å². The predicted molar refractivity (Wildman–Crippen MR) is 109 cm³/mol. The van der Waals surface area contributed by atoms with Crippen LogP contribution in [0.3, 0.4) is 0 Å². The average molecular weight is 430 g/mol. The number of carbonyl (C=O) groups is 2. The molecule has 0 spiro atoms. The molecule has 0 bridgehead atoms. The standard InChI is InChI=1S/C20H22N4O5S/c1-24(30(27,28)18-9-5-15(11-21)6-10-18)14-20(26)23-13-19(25)22-12-16-3-7-17(29-2)8-4-16/h3-10H,12-14H2,1-2H3,(H,22,25)(H,23,26). The second-order valence-corrected chi connectivity index (χ2v) is 8.34. The van der Waals surface area contributed by atoms with Crippen LogP contribution in [-0.4, -0.2) is 51.8 Å². The van der Waals surface area contributed by atoms with Crippen LogP contribution in [0.4, 0.5) is 0 Å². The summed E-state index contributed by atoms with van der Waals surface area (Å²) in [5.74, 6) is -0.316. The number of carbonyl (C=O) groups excluding carboxylic acids is 2. The topological polar surface area (TPSA) is 129 Å². The van der Waals surface area contributed by atoms with Gasteiger partial charge in [0.1, 0.15) is 5.75 Å². The third-order valence-electron chi connectivity index (χ3n) is 4.15. The van der Waals surface area contributed by atoms with Crippen LogP contribution in [0.25, 0.3) is 0 Å². The van der Waals surface area contributed by atoms with Crippen LogP contribution in [0.5, 0.6) is 5.75 Å². The number of methoxy groups -OCH3 is 1. The number of likely N-dealkylation sites (N-methyl/N-ethyl adjacent to an activating group) is 1. The van der Waals surface area contributed by atoms with Crippen molar-refractivity contribution >= 4 is 21.8 Å². The Morgan fingerprint density at radius 3 is 2.23 bits per heavy atom. The monoisotopic (exact) mass is 430 g/mol. The zero-order chi connectivity index (χ0) is 22.1. The van der Waals surface area contributed by atoms with Crippen LogP contribution < -0.4 is 15.4 Å². The van der Waals surface area contributed by atoms with Crippen LogP contribution in [0.15, 0.2) is 53.4 Å². The zero-order valence-corrected chi connectivity index (χ0v) is 17.4. The van der Waals surface area contributed by atoms with Crippen molar-refractivity contribution in [1.29, 1.82) is 5.26 Å². The highest BCUT2D eigenvalue weighted by atomic mass is 32.2. The third-order valence-corrected chi connectivity index (χ3v) is 5.97. The molecule has 0 unspecified atom stereocenters. The van der Waals surface area contributed by atoms with Crippen LogP contribution in [0.1, 0.15) is 11.1 Å². The fraction of sp³-hybridized carbons (Fsp3) is 0.250. The second kappa shape index (κ2) is 10.4. The highest BCUT2D eigenvalue weighted by molar-refractivity contribution is 7.89. The summed E-state index contributed by atoms with van der Waals surface area (Å²) in [6.07, 6.45) is 0. The van der Waals surface area contributed by atoms with Gasteiger partial charge in [-0.25, -0.2) is 8.42 Å². The molecule has 2 aromatic carbocycles. The van der Waals surface area contributed by atoms with Gasteiger partial charge in [0.15, 0.2) is 0 Å². The molecular weight excluding hydrogens is 408 g/mol. The van der Waals surface area contributed by atoms with Gasteiger partial charge in [0.25, 0.3) is 0 Å². The minimum Gasteiger partial charge on any atom is -0.497 e. The molecule has 0 atom stereocenters. The number of hydrogen-bond donors (Lipinski definition) is 2. The minimum absolute atomic E-state index is 0.0333. The molecule has 9 nitrogen and oxygen atoms in total. The van der Waals surface area contributed by atoms with Crippen molar-refractivity contribution in [2.24, 2.45) is 0 Å². The molecule has 0 saturated carbocycles. The van der Waals surface area contributed by atoms with Crippen LogP contribution in [0.2, 0.25) is 0 Å². The van der Waals surface area contributed by atoms with Gasteiger partial charge in [0, 0.05) is 13.6 Å². The van der Waals surface area contributed by atoms with Gasteiger partial charge in [-0.2, -0.15) is 9.57 Å². The summed E-state index contributed by atoms with van der Waals surface area (Å²) < 4.78 is 30.9. The summed E-state index contributed by atoms with van der Waals surface area (Å²) in [6, 6.07) is 14.4. The van der Waals surface area contributed by atoms with Crippen molar-refractivity contribution in [3.63, 3.8) is 0 Å². The molecule has 0 saturated heterocycles. The summed E-state index contributed by atoms with van der Waals surface area (Å²) >= 11 is 0. The van der Waals surface area contributed by atoms with Crippen molar-refractivity contribution < 1.29 is 22.7 Å². The van der Waals surface area contributed by atoms with E-state index < -0.39 is 28.4 Å². The Bertz CT molecular complexity index is 1030. The molecule has 2 aromatic rings. The van der Waals surface area contributed by atoms with Crippen molar-refractivity contribution in [2.45, 2.75) is 11.4 Å². The van der Waals surface area contributed by atoms with Gasteiger partial charge >= 0.3 is 0 Å². The number of nitrogens with one attached hydrogen (secondary N) is 2. The fourth-order valence-corrected chi connectivity index (χ4v) is 3.54. The summed E-state index contributed by atoms with van der Waals surface area (Å²) in [7, 11) is -1.07. The first-order valence-corrected chi connectivity index (χ1v) is 10.3. The molecule has 0 aliphatic heterocycles. The molecule has 2 rings (SSSR count). The maximum atomic E-state index is 12.5. The Morgan fingerprint density at radius 2 is 1.67 bits per heavy atom. The summed E-state index contributed by atoms with van der Waals surface area (Å²) in [5.41, 5.74) is 1.19. The van der Waals surface area contributed by atoms with E-state index in [9.17, 15) is 18.0 Å². The van der Waals surface area contributed by atoms with Gasteiger partial charge in [-0.1, -0.05) is 12.1 Å². The lowest BCUT2D eigenvalue weighted by Crippen LogP contribution is -2.42. The molecular formula is C20H22N4O5S. The van der Waals surface area contributed by atoms with E-state index in [1.165, 1.54) is 31.3 Å². The number of rotatable bonds is 9. The lowest BCUT2D eigenvalue weighted by molar-refractivity contribution is -0.126. The van der Waals surface area contributed by atoms with Crippen LogP contribution >= 0.6 is 0 Å². The molecule has 158 valence electrons. The highest BCUT2D eigenvalue weighted by Crippen LogP contribution is 2.14. The number of benzene rings is 2. The Balaban J connectivity index is 1.80. The van der Waals surface area contributed by atoms with Crippen molar-refractivity contribution in [1.82, 2.24) is 14.9 Å². The van der Waals surface area contributed by atoms with E-state index in [0.717, 1.165) is 9.87 Å². The molecule has 0 fully saturated rings. The van der Waals surface area contributed by atoms with Gasteiger partial charge in [-0.15, -0.1) is 0 Å². The quantitative estimate of drug-likeness (QED) is 0.600. The highest BCUT2D eigenvalue weighted by Gasteiger charge is 2.23. The predicted octanol–water partition coefficient (Wildman–Crippen LogP) is 0.620. The van der Waals surface area contributed by atoms with Gasteiger partial charge in [-0.3, -0.25) is 9.59 Å². The Kier molecular flexibility index (Phi) is 7.91. The second-order valence-electron chi connectivity index (χ2n) is 6.30. The first kappa shape index (κ1) is 22.9. The Labute approximate surface area is 175 Å². The largest absolute Gasteiger partial charge is 0.497 e. The van der Waals surface area contributed by atoms with Gasteiger partial charge in [0.2, 0.25) is 21.8 Å². The number of hydrogen-bond acceptors (Lipinski definition) is 6. The van der Waals surface area contributed by atoms with E-state index >= 15 is 0 Å². The van der Waals surface area contributed by atoms with Gasteiger partial charge in [-0.05, 0) is 42.0 Å². The van der Waals surface area contributed by atoms with Gasteiger partial charge < -0.3 is 15.4 Å². The van der Waals surface area contributed by atoms with E-state index in [1.54, 1.807) is 31.4 Å². The zero-order valence-electron chi connectivity index (χ0n) is 16.6. The number of ether oxygens (including phenoxy) is 1. The average Bonchev–Trinajstić information content (AvgIpc) is 2.76. The number of nitrogens with zero attached hydrogens (tertiary/aromatic N) is 2. The SMILES string of the molecule is COc1ccc(CNC(=O)CNC(=O)CN(C)S(=O)(=O)c2ccc(C#N)cc2)cc1. The summed E-state index contributed by atoms with van der Waals surface area (Å²) in [4.78, 5) is 23.9. The lowest BCUT2D eigenvalue weighted by Gasteiger charge is -2.17. The molecule has 0 radical (unpaired) electrons. The first-order valence-electron chi connectivity index (χ1n) is 8.89. The Hall–Kier alpha value is -3.42. The van der Waals surface area contributed by atoms with Crippen LogP contribution in [0, 0.1) is 11.3 Å². The number of amides is 2. The van der Waals surface area contributed by atoms with Crippen molar-refractivity contribution in [3.05, 3.63) is 59.7 Å². The molecule has 30 heavy (non-hydrogen) atoms. The third kappa shape index (κ3) is 6.30. The lowest BCUT2D eigenvalue weighted by atomic mass is 10.2. The first-order chi connectivity index (χ1) is 14.3. The number of sulfonamides is 1. The maximum absolute atomic E-state index is 12.5. The fourth-order valence-electron chi connectivity index (χ4n) is 2.41. The van der Waals surface area contributed by atoms with E-state index in [2.05, 4.69) is 10.6 Å². The number of nitriles is 1. The maximum Gasteiger partial charge on any atom is 0.243 e. The minimum atomic E-state index is -3.90. The molecule has 2 amide bonds. The van der Waals surface area contributed by atoms with E-state index in [0.29, 0.717) is 11.3 Å². The smallest absolute Gasteiger partial charge is 0.243 e. The molecule has 0 aromatic heterocycles.